The number of hydrogen-bond donors (Lipinski definition) is 2. The molecular formula is C19H26N2O4. The maximum Gasteiger partial charge on any atom is 0.231 e. The summed E-state index contributed by atoms with van der Waals surface area (Å²) in [5, 5.41) is 6.45. The van der Waals surface area contributed by atoms with E-state index < -0.39 is 0 Å². The first-order valence-corrected chi connectivity index (χ1v) is 9.14. The lowest BCUT2D eigenvalue weighted by atomic mass is 9.73. The van der Waals surface area contributed by atoms with E-state index in [-0.39, 0.29) is 24.0 Å². The van der Waals surface area contributed by atoms with Gasteiger partial charge in [-0.3, -0.25) is 4.79 Å². The molecule has 2 fully saturated rings. The highest BCUT2D eigenvalue weighted by Gasteiger charge is 2.37. The molecule has 6 heteroatoms. The van der Waals surface area contributed by atoms with Gasteiger partial charge in [0.15, 0.2) is 11.5 Å². The van der Waals surface area contributed by atoms with Gasteiger partial charge in [-0.25, -0.2) is 0 Å². The summed E-state index contributed by atoms with van der Waals surface area (Å²) in [7, 11) is 0. The van der Waals surface area contributed by atoms with Crippen LogP contribution in [-0.4, -0.2) is 45.5 Å². The fourth-order valence-electron chi connectivity index (χ4n) is 3.85. The van der Waals surface area contributed by atoms with Crippen LogP contribution in [0.3, 0.4) is 0 Å². The smallest absolute Gasteiger partial charge is 0.231 e. The van der Waals surface area contributed by atoms with Crippen LogP contribution in [0.15, 0.2) is 18.2 Å². The van der Waals surface area contributed by atoms with Crippen LogP contribution in [0, 0.1) is 11.8 Å². The fourth-order valence-corrected chi connectivity index (χ4v) is 3.85. The van der Waals surface area contributed by atoms with Crippen LogP contribution in [-0.2, 0) is 14.9 Å². The molecule has 0 aromatic heterocycles. The second-order valence-corrected chi connectivity index (χ2v) is 7.39. The van der Waals surface area contributed by atoms with E-state index in [1.165, 1.54) is 5.56 Å². The van der Waals surface area contributed by atoms with E-state index in [1.807, 2.05) is 13.0 Å². The van der Waals surface area contributed by atoms with Gasteiger partial charge in [0.05, 0.1) is 0 Å². The Bertz CT molecular complexity index is 638. The van der Waals surface area contributed by atoms with Crippen molar-refractivity contribution in [1.82, 2.24) is 10.6 Å². The minimum atomic E-state index is -0.105. The molecule has 0 aliphatic carbocycles. The van der Waals surface area contributed by atoms with Gasteiger partial charge in [0, 0.05) is 31.1 Å². The van der Waals surface area contributed by atoms with Crippen molar-refractivity contribution in [3.8, 4) is 11.5 Å². The Balaban J connectivity index is 1.50. The van der Waals surface area contributed by atoms with E-state index in [2.05, 4.69) is 22.8 Å². The van der Waals surface area contributed by atoms with E-state index in [0.717, 1.165) is 37.4 Å². The third-order valence-corrected chi connectivity index (χ3v) is 5.97. The average Bonchev–Trinajstić information content (AvgIpc) is 3.06. The molecule has 1 aromatic carbocycles. The van der Waals surface area contributed by atoms with Crippen molar-refractivity contribution in [1.29, 1.82) is 0 Å². The van der Waals surface area contributed by atoms with Crippen molar-refractivity contribution < 1.29 is 19.0 Å². The minimum Gasteiger partial charge on any atom is -0.454 e. The lowest BCUT2D eigenvalue weighted by molar-refractivity contribution is -0.127. The molecule has 1 amide bonds. The molecule has 1 unspecified atom stereocenters. The predicted octanol–water partition coefficient (Wildman–Crippen LogP) is 1.44. The molecule has 3 heterocycles. The zero-order valence-electron chi connectivity index (χ0n) is 14.7. The van der Waals surface area contributed by atoms with Gasteiger partial charge in [0.1, 0.15) is 0 Å². The second kappa shape index (κ2) is 6.84. The molecule has 0 saturated carbocycles. The molecule has 2 saturated heterocycles. The summed E-state index contributed by atoms with van der Waals surface area (Å²) >= 11 is 0. The van der Waals surface area contributed by atoms with Crippen LogP contribution in [0.4, 0.5) is 0 Å². The van der Waals surface area contributed by atoms with Crippen molar-refractivity contribution in [2.24, 2.45) is 11.8 Å². The molecule has 0 bridgehead atoms. The van der Waals surface area contributed by atoms with Crippen LogP contribution in [0.2, 0.25) is 0 Å². The Kier molecular flexibility index (Phi) is 4.56. The number of amides is 1. The van der Waals surface area contributed by atoms with Crippen LogP contribution in [0.5, 0.6) is 11.5 Å². The quantitative estimate of drug-likeness (QED) is 0.844. The van der Waals surface area contributed by atoms with Crippen molar-refractivity contribution in [2.45, 2.75) is 25.2 Å². The van der Waals surface area contributed by atoms with E-state index in [1.54, 1.807) is 0 Å². The number of carbonyl (C=O) groups excluding carboxylic acids is 1. The van der Waals surface area contributed by atoms with Crippen molar-refractivity contribution >= 4 is 5.91 Å². The van der Waals surface area contributed by atoms with E-state index in [0.29, 0.717) is 25.7 Å². The van der Waals surface area contributed by atoms with E-state index in [4.69, 9.17) is 14.2 Å². The first kappa shape index (κ1) is 16.7. The third-order valence-electron chi connectivity index (χ3n) is 5.97. The molecule has 6 nitrogen and oxygen atoms in total. The molecular weight excluding hydrogens is 320 g/mol. The first-order chi connectivity index (χ1) is 12.2. The highest BCUT2D eigenvalue weighted by Crippen LogP contribution is 2.40. The third kappa shape index (κ3) is 3.20. The molecule has 0 spiro atoms. The highest BCUT2D eigenvalue weighted by molar-refractivity contribution is 5.79. The van der Waals surface area contributed by atoms with Crippen molar-refractivity contribution in [2.75, 3.05) is 39.6 Å². The molecule has 1 aromatic rings. The monoisotopic (exact) mass is 346 g/mol. The van der Waals surface area contributed by atoms with Crippen molar-refractivity contribution in [3.63, 3.8) is 0 Å². The molecule has 2 N–H and O–H groups in total. The number of carbonyl (C=O) groups is 1. The number of benzene rings is 1. The average molecular weight is 346 g/mol. The highest BCUT2D eigenvalue weighted by atomic mass is 16.7. The normalized spacial score (nSPS) is 22.9. The van der Waals surface area contributed by atoms with Crippen LogP contribution in [0.25, 0.3) is 0 Å². The predicted molar refractivity (Wildman–Crippen MR) is 92.8 cm³/mol. The second-order valence-electron chi connectivity index (χ2n) is 7.39. The van der Waals surface area contributed by atoms with Crippen LogP contribution in [0.1, 0.15) is 25.3 Å². The van der Waals surface area contributed by atoms with Gasteiger partial charge in [-0.1, -0.05) is 13.0 Å². The molecule has 1 atom stereocenters. The van der Waals surface area contributed by atoms with Gasteiger partial charge in [0.2, 0.25) is 12.7 Å². The summed E-state index contributed by atoms with van der Waals surface area (Å²) in [6.45, 7) is 6.25. The maximum absolute atomic E-state index is 12.6. The van der Waals surface area contributed by atoms with Gasteiger partial charge < -0.3 is 24.8 Å². The van der Waals surface area contributed by atoms with Gasteiger partial charge in [0.25, 0.3) is 0 Å². The summed E-state index contributed by atoms with van der Waals surface area (Å²) in [4.78, 5) is 12.6. The molecule has 3 aliphatic rings. The minimum absolute atomic E-state index is 0.0508. The zero-order valence-corrected chi connectivity index (χ0v) is 14.7. The number of ether oxygens (including phenoxy) is 3. The Morgan fingerprint density at radius 3 is 2.76 bits per heavy atom. The summed E-state index contributed by atoms with van der Waals surface area (Å²) in [6.07, 6.45) is 1.79. The standard InChI is InChI=1S/C19H26N2O4/c1-13(14-9-20-10-14)18(22)21-11-19(4-6-23-7-5-19)15-2-3-16-17(8-15)25-12-24-16/h2-3,8,13-14,20H,4-7,9-12H2,1H3,(H,21,22). The number of fused-ring (bicyclic) bond motifs is 1. The lowest BCUT2D eigenvalue weighted by Crippen LogP contribution is -2.51. The topological polar surface area (TPSA) is 68.8 Å². The Morgan fingerprint density at radius 1 is 1.28 bits per heavy atom. The lowest BCUT2D eigenvalue weighted by Gasteiger charge is -2.39. The van der Waals surface area contributed by atoms with Gasteiger partial charge in [-0.15, -0.1) is 0 Å². The van der Waals surface area contributed by atoms with Crippen LogP contribution < -0.4 is 20.1 Å². The molecule has 25 heavy (non-hydrogen) atoms. The van der Waals surface area contributed by atoms with Crippen molar-refractivity contribution in [3.05, 3.63) is 23.8 Å². The number of rotatable bonds is 5. The van der Waals surface area contributed by atoms with E-state index in [9.17, 15) is 4.79 Å². The first-order valence-electron chi connectivity index (χ1n) is 9.14. The number of nitrogens with one attached hydrogen (secondary N) is 2. The van der Waals surface area contributed by atoms with Gasteiger partial charge in [-0.2, -0.15) is 0 Å². The summed E-state index contributed by atoms with van der Waals surface area (Å²) < 4.78 is 16.6. The molecule has 136 valence electrons. The van der Waals surface area contributed by atoms with Crippen LogP contribution >= 0.6 is 0 Å². The van der Waals surface area contributed by atoms with Gasteiger partial charge in [-0.05, 0) is 49.5 Å². The Labute approximate surface area is 148 Å². The number of hydrogen-bond acceptors (Lipinski definition) is 5. The van der Waals surface area contributed by atoms with E-state index >= 15 is 0 Å². The maximum atomic E-state index is 12.6. The fraction of sp³-hybridized carbons (Fsp3) is 0.632. The largest absolute Gasteiger partial charge is 0.454 e. The van der Waals surface area contributed by atoms with Gasteiger partial charge >= 0.3 is 0 Å². The molecule has 3 aliphatic heterocycles. The summed E-state index contributed by atoms with van der Waals surface area (Å²) in [5.74, 6) is 2.24. The summed E-state index contributed by atoms with van der Waals surface area (Å²) in [5.41, 5.74) is 1.09. The molecule has 4 rings (SSSR count). The zero-order chi connectivity index (χ0) is 17.3. The molecule has 0 radical (unpaired) electrons. The Hall–Kier alpha value is -1.79. The summed E-state index contributed by atoms with van der Waals surface area (Å²) in [6, 6.07) is 6.14. The SMILES string of the molecule is CC(C(=O)NCC1(c2ccc3c(c2)OCO3)CCOCC1)C1CNC1. The Morgan fingerprint density at radius 2 is 2.04 bits per heavy atom.